The third-order valence-corrected chi connectivity index (χ3v) is 3.12. The zero-order valence-corrected chi connectivity index (χ0v) is 12.4. The van der Waals surface area contributed by atoms with Gasteiger partial charge in [-0.15, -0.1) is 11.3 Å². The first kappa shape index (κ1) is 14.3. The molecule has 5 nitrogen and oxygen atoms in total. The molecule has 2 rings (SSSR count). The molecule has 0 aliphatic carbocycles. The normalized spacial score (nSPS) is 11.2. The summed E-state index contributed by atoms with van der Waals surface area (Å²) >= 11 is 1.42. The Morgan fingerprint density at radius 3 is 2.75 bits per heavy atom. The minimum absolute atomic E-state index is 0.499. The van der Waals surface area contributed by atoms with Crippen LogP contribution >= 0.6 is 11.3 Å². The number of nitrogen functional groups attached to an aromatic ring is 1. The van der Waals surface area contributed by atoms with Crippen molar-refractivity contribution in [3.05, 3.63) is 35.2 Å². The topological polar surface area (TPSA) is 72.5 Å². The lowest BCUT2D eigenvalue weighted by Gasteiger charge is -2.08. The minimum Gasteiger partial charge on any atom is -0.493 e. The highest BCUT2D eigenvalue weighted by Gasteiger charge is 1.97. The van der Waals surface area contributed by atoms with Gasteiger partial charge in [0.2, 0.25) is 5.13 Å². The quantitative estimate of drug-likeness (QED) is 0.633. The van der Waals surface area contributed by atoms with Crippen LogP contribution in [0.3, 0.4) is 0 Å². The van der Waals surface area contributed by atoms with Gasteiger partial charge in [0.25, 0.3) is 0 Å². The zero-order valence-electron chi connectivity index (χ0n) is 11.5. The predicted molar refractivity (Wildman–Crippen MR) is 84.5 cm³/mol. The first-order valence-corrected chi connectivity index (χ1v) is 7.24. The van der Waals surface area contributed by atoms with Gasteiger partial charge in [0.05, 0.1) is 12.8 Å². The molecule has 0 atom stereocenters. The number of rotatable bonds is 6. The van der Waals surface area contributed by atoms with Crippen LogP contribution in [0.1, 0.15) is 19.4 Å². The molecule has 6 heteroatoms. The molecule has 0 aliphatic heterocycles. The number of nitrogens with zero attached hydrogens (tertiary/aromatic N) is 2. The zero-order chi connectivity index (χ0) is 14.4. The molecule has 3 N–H and O–H groups in total. The maximum Gasteiger partial charge on any atom is 0.205 e. The third-order valence-electron chi connectivity index (χ3n) is 2.36. The first-order chi connectivity index (χ1) is 9.63. The second kappa shape index (κ2) is 6.91. The molecule has 1 aromatic carbocycles. The van der Waals surface area contributed by atoms with E-state index in [1.54, 1.807) is 11.6 Å². The molecular weight excluding hydrogens is 272 g/mol. The van der Waals surface area contributed by atoms with Crippen LogP contribution in [0.15, 0.2) is 34.7 Å². The molecule has 1 aromatic heterocycles. The molecule has 0 unspecified atom stereocenters. The second-order valence-electron chi connectivity index (χ2n) is 4.72. The van der Waals surface area contributed by atoms with Crippen LogP contribution in [0, 0.1) is 5.92 Å². The van der Waals surface area contributed by atoms with E-state index in [1.807, 2.05) is 24.3 Å². The Balaban J connectivity index is 1.86. The van der Waals surface area contributed by atoms with Crippen molar-refractivity contribution in [3.63, 3.8) is 0 Å². The maximum atomic E-state index is 5.62. The number of anilines is 2. The molecule has 2 aromatic rings. The van der Waals surface area contributed by atoms with Crippen molar-refractivity contribution in [1.82, 2.24) is 4.98 Å². The summed E-state index contributed by atoms with van der Waals surface area (Å²) in [5.41, 5.74) is 9.34. The van der Waals surface area contributed by atoms with Crippen molar-refractivity contribution in [2.75, 3.05) is 17.8 Å². The molecular formula is C14H18N4OS. The van der Waals surface area contributed by atoms with Gasteiger partial charge in [-0.05, 0) is 35.7 Å². The summed E-state index contributed by atoms with van der Waals surface area (Å²) in [6.45, 7) is 4.97. The minimum atomic E-state index is 0.499. The van der Waals surface area contributed by atoms with Gasteiger partial charge in [0, 0.05) is 5.38 Å². The van der Waals surface area contributed by atoms with E-state index in [4.69, 9.17) is 10.5 Å². The molecule has 0 radical (unpaired) electrons. The van der Waals surface area contributed by atoms with E-state index in [0.29, 0.717) is 16.9 Å². The largest absolute Gasteiger partial charge is 0.493 e. The van der Waals surface area contributed by atoms with E-state index in [9.17, 15) is 0 Å². The van der Waals surface area contributed by atoms with Gasteiger partial charge in [-0.25, -0.2) is 4.98 Å². The van der Waals surface area contributed by atoms with Crippen molar-refractivity contribution >= 4 is 28.5 Å². The van der Waals surface area contributed by atoms with Gasteiger partial charge < -0.3 is 10.5 Å². The molecule has 0 saturated carbocycles. The predicted octanol–water partition coefficient (Wildman–Crippen LogP) is 3.21. The second-order valence-corrected chi connectivity index (χ2v) is 5.58. The van der Waals surface area contributed by atoms with Crippen molar-refractivity contribution in [2.24, 2.45) is 11.0 Å². The fourth-order valence-electron chi connectivity index (χ4n) is 1.41. The van der Waals surface area contributed by atoms with Crippen molar-refractivity contribution < 1.29 is 4.74 Å². The average molecular weight is 290 g/mol. The molecule has 0 aliphatic rings. The highest BCUT2D eigenvalue weighted by molar-refractivity contribution is 7.14. The summed E-state index contributed by atoms with van der Waals surface area (Å²) in [7, 11) is 0. The summed E-state index contributed by atoms with van der Waals surface area (Å²) in [6.07, 6.45) is 1.73. The van der Waals surface area contributed by atoms with Crippen molar-refractivity contribution in [2.45, 2.75) is 13.8 Å². The molecule has 20 heavy (non-hydrogen) atoms. The summed E-state index contributed by atoms with van der Waals surface area (Å²) < 4.78 is 5.62. The molecule has 0 spiro atoms. The lowest BCUT2D eigenvalue weighted by atomic mass is 10.2. The molecule has 0 amide bonds. The number of thiazole rings is 1. The first-order valence-electron chi connectivity index (χ1n) is 6.36. The Bertz CT molecular complexity index is 563. The lowest BCUT2D eigenvalue weighted by molar-refractivity contribution is 0.271. The smallest absolute Gasteiger partial charge is 0.205 e. The monoisotopic (exact) mass is 290 g/mol. The van der Waals surface area contributed by atoms with Gasteiger partial charge in [-0.1, -0.05) is 13.8 Å². The highest BCUT2D eigenvalue weighted by atomic mass is 32.1. The fraction of sp³-hybridized carbons (Fsp3) is 0.286. The van der Waals surface area contributed by atoms with Gasteiger partial charge in [-0.2, -0.15) is 5.10 Å². The summed E-state index contributed by atoms with van der Waals surface area (Å²) in [5.74, 6) is 1.89. The summed E-state index contributed by atoms with van der Waals surface area (Å²) in [5, 5.41) is 6.54. The Morgan fingerprint density at radius 1 is 1.40 bits per heavy atom. The Morgan fingerprint density at radius 2 is 2.15 bits per heavy atom. The number of nitrogens with one attached hydrogen (secondary N) is 1. The average Bonchev–Trinajstić information content (AvgIpc) is 2.83. The van der Waals surface area contributed by atoms with Crippen molar-refractivity contribution in [3.8, 4) is 5.75 Å². The standard InChI is InChI=1S/C14H18N4OS/c1-10(2)8-19-12-5-3-11(4-6-12)7-16-18-14-17-13(15)9-20-14/h3-7,9-10H,8,15H2,1-2H3,(H,17,18). The number of hydrazone groups is 1. The summed E-state index contributed by atoms with van der Waals surface area (Å²) in [4.78, 5) is 4.05. The lowest BCUT2D eigenvalue weighted by Crippen LogP contribution is -2.04. The van der Waals surface area contributed by atoms with Crippen LogP contribution in [0.2, 0.25) is 0 Å². The van der Waals surface area contributed by atoms with E-state index in [2.05, 4.69) is 29.4 Å². The highest BCUT2D eigenvalue weighted by Crippen LogP contribution is 2.16. The van der Waals surface area contributed by atoms with Crippen LogP contribution in [0.4, 0.5) is 10.9 Å². The van der Waals surface area contributed by atoms with Crippen LogP contribution in [-0.4, -0.2) is 17.8 Å². The Labute approximate surface area is 122 Å². The number of benzene rings is 1. The summed E-state index contributed by atoms with van der Waals surface area (Å²) in [6, 6.07) is 7.78. The molecule has 0 saturated heterocycles. The molecule has 0 bridgehead atoms. The SMILES string of the molecule is CC(C)COc1ccc(C=NNc2nc(N)cs2)cc1. The fourth-order valence-corrected chi connectivity index (χ4v) is 1.96. The number of nitrogens with two attached hydrogens (primary N) is 1. The van der Waals surface area contributed by atoms with Crippen LogP contribution in [0.5, 0.6) is 5.75 Å². The number of aromatic nitrogens is 1. The maximum absolute atomic E-state index is 5.62. The van der Waals surface area contributed by atoms with E-state index in [1.165, 1.54) is 11.3 Å². The Hall–Kier alpha value is -2.08. The molecule has 0 fully saturated rings. The van der Waals surface area contributed by atoms with Crippen LogP contribution in [0.25, 0.3) is 0 Å². The number of ether oxygens (including phenoxy) is 1. The third kappa shape index (κ3) is 4.55. The van der Waals surface area contributed by atoms with Gasteiger partial charge in [-0.3, -0.25) is 5.43 Å². The van der Waals surface area contributed by atoms with E-state index in [-0.39, 0.29) is 0 Å². The molecule has 1 heterocycles. The van der Waals surface area contributed by atoms with E-state index < -0.39 is 0 Å². The number of hydrogen-bond donors (Lipinski definition) is 2. The number of hydrogen-bond acceptors (Lipinski definition) is 6. The van der Waals surface area contributed by atoms with E-state index >= 15 is 0 Å². The molecule has 106 valence electrons. The van der Waals surface area contributed by atoms with E-state index in [0.717, 1.165) is 17.9 Å². The van der Waals surface area contributed by atoms with Crippen LogP contribution < -0.4 is 15.9 Å². The van der Waals surface area contributed by atoms with Gasteiger partial charge >= 0.3 is 0 Å². The van der Waals surface area contributed by atoms with Gasteiger partial charge in [0.1, 0.15) is 11.6 Å². The Kier molecular flexibility index (Phi) is 4.95. The van der Waals surface area contributed by atoms with Crippen molar-refractivity contribution in [1.29, 1.82) is 0 Å². The van der Waals surface area contributed by atoms with Crippen LogP contribution in [-0.2, 0) is 0 Å². The van der Waals surface area contributed by atoms with Gasteiger partial charge in [0.15, 0.2) is 0 Å².